The highest BCUT2D eigenvalue weighted by Crippen LogP contribution is 2.18. The van der Waals surface area contributed by atoms with Crippen molar-refractivity contribution >= 4 is 23.3 Å². The van der Waals surface area contributed by atoms with Crippen molar-refractivity contribution in [3.05, 3.63) is 54.1 Å². The topological polar surface area (TPSA) is 79.5 Å². The summed E-state index contributed by atoms with van der Waals surface area (Å²) in [6.45, 7) is 0. The van der Waals surface area contributed by atoms with Crippen LogP contribution in [0.2, 0.25) is 0 Å². The third-order valence-electron chi connectivity index (χ3n) is 2.94. The van der Waals surface area contributed by atoms with Crippen LogP contribution in [0.5, 0.6) is 5.75 Å². The van der Waals surface area contributed by atoms with E-state index in [-0.39, 0.29) is 11.9 Å². The van der Waals surface area contributed by atoms with Crippen LogP contribution in [-0.2, 0) is 0 Å². The standard InChI is InChI=1S/C16H17N3O3/c1-17-16(21)19-13-7-4-6-12(10-13)18-15(20)11-5-3-8-14(9-11)22-2/h3-10H,1-2H3,(H,18,20)(H2,17,19,21). The molecule has 3 N–H and O–H groups in total. The predicted molar refractivity (Wildman–Crippen MR) is 85.5 cm³/mol. The molecule has 0 unspecified atom stereocenters. The molecule has 2 aromatic rings. The number of carbonyl (C=O) groups is 2. The fraction of sp³-hybridized carbons (Fsp3) is 0.125. The van der Waals surface area contributed by atoms with Crippen molar-refractivity contribution in [3.63, 3.8) is 0 Å². The van der Waals surface area contributed by atoms with Gasteiger partial charge in [0, 0.05) is 24.0 Å². The van der Waals surface area contributed by atoms with Crippen molar-refractivity contribution in [2.75, 3.05) is 24.8 Å². The summed E-state index contributed by atoms with van der Waals surface area (Å²) >= 11 is 0. The minimum absolute atomic E-state index is 0.254. The van der Waals surface area contributed by atoms with E-state index in [2.05, 4.69) is 16.0 Å². The van der Waals surface area contributed by atoms with Crippen LogP contribution in [0.1, 0.15) is 10.4 Å². The van der Waals surface area contributed by atoms with Gasteiger partial charge in [-0.1, -0.05) is 12.1 Å². The number of anilines is 2. The Kier molecular flexibility index (Phi) is 4.98. The highest BCUT2D eigenvalue weighted by atomic mass is 16.5. The summed E-state index contributed by atoms with van der Waals surface area (Å²) in [5.74, 6) is 0.360. The molecule has 0 radical (unpaired) electrons. The van der Waals surface area contributed by atoms with Crippen molar-refractivity contribution in [1.82, 2.24) is 5.32 Å². The number of hydrogen-bond acceptors (Lipinski definition) is 3. The SMILES string of the molecule is CNC(=O)Nc1cccc(NC(=O)c2cccc(OC)c2)c1. The van der Waals surface area contributed by atoms with Crippen molar-refractivity contribution < 1.29 is 14.3 Å². The first kappa shape index (κ1) is 15.4. The molecule has 2 rings (SSSR count). The zero-order chi connectivity index (χ0) is 15.9. The van der Waals surface area contributed by atoms with Gasteiger partial charge in [0.1, 0.15) is 5.75 Å². The Bertz CT molecular complexity index is 686. The Morgan fingerprint density at radius 3 is 2.32 bits per heavy atom. The van der Waals surface area contributed by atoms with Gasteiger partial charge < -0.3 is 20.7 Å². The molecule has 114 valence electrons. The first-order valence-corrected chi connectivity index (χ1v) is 6.66. The molecule has 0 aliphatic carbocycles. The maximum Gasteiger partial charge on any atom is 0.318 e. The molecular formula is C16H17N3O3. The van der Waals surface area contributed by atoms with Crippen LogP contribution in [0.4, 0.5) is 16.2 Å². The highest BCUT2D eigenvalue weighted by Gasteiger charge is 2.08. The van der Waals surface area contributed by atoms with Crippen molar-refractivity contribution in [3.8, 4) is 5.75 Å². The number of nitrogens with one attached hydrogen (secondary N) is 3. The molecule has 0 aliphatic rings. The summed E-state index contributed by atoms with van der Waals surface area (Å²) in [6.07, 6.45) is 0. The molecule has 0 aromatic heterocycles. The lowest BCUT2D eigenvalue weighted by atomic mass is 10.2. The maximum absolute atomic E-state index is 12.2. The number of ether oxygens (including phenoxy) is 1. The predicted octanol–water partition coefficient (Wildman–Crippen LogP) is 2.70. The van der Waals surface area contributed by atoms with Gasteiger partial charge in [-0.15, -0.1) is 0 Å². The number of urea groups is 1. The molecular weight excluding hydrogens is 282 g/mol. The summed E-state index contributed by atoms with van der Waals surface area (Å²) in [6, 6.07) is 13.4. The van der Waals surface area contributed by atoms with E-state index in [4.69, 9.17) is 4.74 Å². The molecule has 6 heteroatoms. The fourth-order valence-corrected chi connectivity index (χ4v) is 1.84. The van der Waals surface area contributed by atoms with Gasteiger partial charge >= 0.3 is 6.03 Å². The molecule has 0 saturated heterocycles. The lowest BCUT2D eigenvalue weighted by Crippen LogP contribution is -2.24. The summed E-state index contributed by atoms with van der Waals surface area (Å²) in [4.78, 5) is 23.5. The molecule has 0 fully saturated rings. The fourth-order valence-electron chi connectivity index (χ4n) is 1.84. The van der Waals surface area contributed by atoms with Crippen LogP contribution in [-0.4, -0.2) is 26.1 Å². The van der Waals surface area contributed by atoms with Gasteiger partial charge in [0.05, 0.1) is 7.11 Å². The number of hydrogen-bond donors (Lipinski definition) is 3. The molecule has 0 atom stereocenters. The van der Waals surface area contributed by atoms with Crippen LogP contribution in [0.15, 0.2) is 48.5 Å². The van der Waals surface area contributed by atoms with Gasteiger partial charge in [0.2, 0.25) is 0 Å². The van der Waals surface area contributed by atoms with Crippen molar-refractivity contribution in [2.24, 2.45) is 0 Å². The van der Waals surface area contributed by atoms with Crippen LogP contribution < -0.4 is 20.7 Å². The van der Waals surface area contributed by atoms with E-state index in [9.17, 15) is 9.59 Å². The monoisotopic (exact) mass is 299 g/mol. The van der Waals surface area contributed by atoms with Gasteiger partial charge in [-0.05, 0) is 36.4 Å². The minimum atomic E-state index is -0.323. The maximum atomic E-state index is 12.2. The van der Waals surface area contributed by atoms with E-state index >= 15 is 0 Å². The van der Waals surface area contributed by atoms with E-state index in [0.29, 0.717) is 22.7 Å². The Hall–Kier alpha value is -3.02. The van der Waals surface area contributed by atoms with Crippen molar-refractivity contribution in [1.29, 1.82) is 0 Å². The first-order valence-electron chi connectivity index (χ1n) is 6.66. The third kappa shape index (κ3) is 3.99. The molecule has 2 aromatic carbocycles. The molecule has 3 amide bonds. The molecule has 0 spiro atoms. The number of carbonyl (C=O) groups excluding carboxylic acids is 2. The van der Waals surface area contributed by atoms with Gasteiger partial charge in [0.15, 0.2) is 0 Å². The normalized spacial score (nSPS) is 9.73. The summed E-state index contributed by atoms with van der Waals surface area (Å²) in [7, 11) is 3.08. The molecule has 0 saturated carbocycles. The van der Waals surface area contributed by atoms with E-state index in [0.717, 1.165) is 0 Å². The molecule has 22 heavy (non-hydrogen) atoms. The minimum Gasteiger partial charge on any atom is -0.497 e. The van der Waals surface area contributed by atoms with Gasteiger partial charge in [-0.2, -0.15) is 0 Å². The summed E-state index contributed by atoms with van der Waals surface area (Å²) in [5.41, 5.74) is 1.66. The third-order valence-corrected chi connectivity index (χ3v) is 2.94. The quantitative estimate of drug-likeness (QED) is 0.812. The zero-order valence-corrected chi connectivity index (χ0v) is 12.3. The number of amides is 3. The van der Waals surface area contributed by atoms with Gasteiger partial charge in [-0.25, -0.2) is 4.79 Å². The average Bonchev–Trinajstić information content (AvgIpc) is 2.55. The summed E-state index contributed by atoms with van der Waals surface area (Å²) in [5, 5.41) is 7.88. The molecule has 0 heterocycles. The van der Waals surface area contributed by atoms with Crippen LogP contribution in [0, 0.1) is 0 Å². The van der Waals surface area contributed by atoms with Crippen molar-refractivity contribution in [2.45, 2.75) is 0 Å². The number of rotatable bonds is 4. The first-order chi connectivity index (χ1) is 10.6. The Labute approximate surface area is 128 Å². The molecule has 0 bridgehead atoms. The molecule has 0 aliphatic heterocycles. The Morgan fingerprint density at radius 2 is 1.64 bits per heavy atom. The lowest BCUT2D eigenvalue weighted by Gasteiger charge is -2.09. The van der Waals surface area contributed by atoms with Crippen LogP contribution in [0.3, 0.4) is 0 Å². The number of benzene rings is 2. The Balaban J connectivity index is 2.11. The van der Waals surface area contributed by atoms with E-state index in [1.807, 2.05) is 0 Å². The lowest BCUT2D eigenvalue weighted by molar-refractivity contribution is 0.102. The second kappa shape index (κ2) is 7.12. The largest absolute Gasteiger partial charge is 0.497 e. The average molecular weight is 299 g/mol. The second-order valence-corrected chi connectivity index (χ2v) is 4.47. The van der Waals surface area contributed by atoms with Crippen LogP contribution >= 0.6 is 0 Å². The second-order valence-electron chi connectivity index (χ2n) is 4.47. The zero-order valence-electron chi connectivity index (χ0n) is 12.3. The van der Waals surface area contributed by atoms with Crippen LogP contribution in [0.25, 0.3) is 0 Å². The summed E-state index contributed by atoms with van der Waals surface area (Å²) < 4.78 is 5.10. The number of methoxy groups -OCH3 is 1. The Morgan fingerprint density at radius 1 is 0.955 bits per heavy atom. The highest BCUT2D eigenvalue weighted by molar-refractivity contribution is 6.04. The van der Waals surface area contributed by atoms with E-state index < -0.39 is 0 Å². The van der Waals surface area contributed by atoms with Gasteiger partial charge in [0.25, 0.3) is 5.91 Å². The van der Waals surface area contributed by atoms with Gasteiger partial charge in [-0.3, -0.25) is 4.79 Å². The van der Waals surface area contributed by atoms with E-state index in [1.54, 1.807) is 55.6 Å². The van der Waals surface area contributed by atoms with E-state index in [1.165, 1.54) is 7.05 Å². The molecule has 6 nitrogen and oxygen atoms in total. The smallest absolute Gasteiger partial charge is 0.318 e.